The molecule has 1 atom stereocenters. The summed E-state index contributed by atoms with van der Waals surface area (Å²) in [6.07, 6.45) is 7.57. The SMILES string of the molecule is CNC(C)C(=O)N(C)C1CCCCCC1. The van der Waals surface area contributed by atoms with Gasteiger partial charge in [0.1, 0.15) is 0 Å². The monoisotopic (exact) mass is 212 g/mol. The highest BCUT2D eigenvalue weighted by Crippen LogP contribution is 2.21. The Labute approximate surface area is 93.2 Å². The van der Waals surface area contributed by atoms with Gasteiger partial charge in [-0.3, -0.25) is 4.79 Å². The van der Waals surface area contributed by atoms with Gasteiger partial charge in [0, 0.05) is 13.1 Å². The second kappa shape index (κ2) is 6.11. The number of nitrogens with one attached hydrogen (secondary N) is 1. The molecule has 1 aliphatic rings. The van der Waals surface area contributed by atoms with Crippen molar-refractivity contribution < 1.29 is 4.79 Å². The maximum atomic E-state index is 11.9. The molecule has 3 heteroatoms. The van der Waals surface area contributed by atoms with Crippen molar-refractivity contribution in [2.75, 3.05) is 14.1 Å². The van der Waals surface area contributed by atoms with Crippen LogP contribution in [0, 0.1) is 0 Å². The van der Waals surface area contributed by atoms with Crippen LogP contribution < -0.4 is 5.32 Å². The lowest BCUT2D eigenvalue weighted by Crippen LogP contribution is -2.46. The lowest BCUT2D eigenvalue weighted by Gasteiger charge is -2.29. The highest BCUT2D eigenvalue weighted by Gasteiger charge is 2.23. The van der Waals surface area contributed by atoms with Gasteiger partial charge >= 0.3 is 0 Å². The summed E-state index contributed by atoms with van der Waals surface area (Å²) in [7, 11) is 3.79. The summed E-state index contributed by atoms with van der Waals surface area (Å²) in [5.74, 6) is 0.226. The topological polar surface area (TPSA) is 32.3 Å². The molecule has 15 heavy (non-hydrogen) atoms. The quantitative estimate of drug-likeness (QED) is 0.723. The Bertz CT molecular complexity index is 198. The Morgan fingerprint density at radius 2 is 1.80 bits per heavy atom. The minimum Gasteiger partial charge on any atom is -0.341 e. The Morgan fingerprint density at radius 3 is 2.27 bits per heavy atom. The van der Waals surface area contributed by atoms with E-state index in [-0.39, 0.29) is 11.9 Å². The first kappa shape index (κ1) is 12.5. The molecule has 1 fully saturated rings. The number of rotatable bonds is 3. The third-order valence-electron chi connectivity index (χ3n) is 3.52. The molecule has 1 saturated carbocycles. The van der Waals surface area contributed by atoms with Gasteiger partial charge in [-0.2, -0.15) is 0 Å². The van der Waals surface area contributed by atoms with Gasteiger partial charge in [-0.15, -0.1) is 0 Å². The van der Waals surface area contributed by atoms with Gasteiger partial charge in [-0.25, -0.2) is 0 Å². The molecular formula is C12H24N2O. The van der Waals surface area contributed by atoms with E-state index in [9.17, 15) is 4.79 Å². The molecule has 0 bridgehead atoms. The van der Waals surface area contributed by atoms with E-state index in [2.05, 4.69) is 5.32 Å². The van der Waals surface area contributed by atoms with E-state index in [4.69, 9.17) is 0 Å². The van der Waals surface area contributed by atoms with Crippen molar-refractivity contribution in [2.24, 2.45) is 0 Å². The smallest absolute Gasteiger partial charge is 0.239 e. The summed E-state index contributed by atoms with van der Waals surface area (Å²) in [6.45, 7) is 1.93. The minimum absolute atomic E-state index is 0.0572. The second-order valence-corrected chi connectivity index (χ2v) is 4.60. The van der Waals surface area contributed by atoms with Crippen LogP contribution in [0.4, 0.5) is 0 Å². The van der Waals surface area contributed by atoms with Crippen molar-refractivity contribution >= 4 is 5.91 Å². The number of carbonyl (C=O) groups is 1. The van der Waals surface area contributed by atoms with E-state index < -0.39 is 0 Å². The van der Waals surface area contributed by atoms with Gasteiger partial charge in [-0.1, -0.05) is 25.7 Å². The van der Waals surface area contributed by atoms with Crippen molar-refractivity contribution in [1.82, 2.24) is 10.2 Å². The number of hydrogen-bond donors (Lipinski definition) is 1. The molecule has 0 radical (unpaired) electrons. The van der Waals surface area contributed by atoms with E-state index >= 15 is 0 Å². The van der Waals surface area contributed by atoms with Gasteiger partial charge in [-0.05, 0) is 26.8 Å². The van der Waals surface area contributed by atoms with Crippen LogP contribution in [-0.2, 0) is 4.79 Å². The molecule has 1 N–H and O–H groups in total. The van der Waals surface area contributed by atoms with Crippen molar-refractivity contribution in [2.45, 2.75) is 57.5 Å². The maximum absolute atomic E-state index is 11.9. The van der Waals surface area contributed by atoms with E-state index in [1.807, 2.05) is 25.9 Å². The molecule has 0 spiro atoms. The first-order valence-electron chi connectivity index (χ1n) is 6.10. The normalized spacial score (nSPS) is 20.7. The molecule has 1 amide bonds. The largest absolute Gasteiger partial charge is 0.341 e. The Balaban J connectivity index is 2.49. The standard InChI is InChI=1S/C12H24N2O/c1-10(13-2)12(15)14(3)11-8-6-4-5-7-9-11/h10-11,13H,4-9H2,1-3H3. The van der Waals surface area contributed by atoms with Crippen LogP contribution in [-0.4, -0.2) is 37.0 Å². The Kier molecular flexibility index (Phi) is 5.09. The summed E-state index contributed by atoms with van der Waals surface area (Å²) >= 11 is 0. The van der Waals surface area contributed by atoms with E-state index in [0.717, 1.165) is 0 Å². The summed E-state index contributed by atoms with van der Waals surface area (Å²) in [6, 6.07) is 0.411. The highest BCUT2D eigenvalue weighted by atomic mass is 16.2. The van der Waals surface area contributed by atoms with Crippen LogP contribution in [0.2, 0.25) is 0 Å². The molecule has 1 unspecified atom stereocenters. The molecule has 0 aromatic rings. The zero-order valence-electron chi connectivity index (χ0n) is 10.3. The van der Waals surface area contributed by atoms with E-state index in [0.29, 0.717) is 6.04 Å². The Morgan fingerprint density at radius 1 is 1.27 bits per heavy atom. The summed E-state index contributed by atoms with van der Waals surface area (Å²) in [5.41, 5.74) is 0. The number of carbonyl (C=O) groups excluding carboxylic acids is 1. The molecule has 1 aliphatic carbocycles. The molecule has 0 heterocycles. The van der Waals surface area contributed by atoms with Gasteiger partial charge in [0.2, 0.25) is 5.91 Å². The van der Waals surface area contributed by atoms with Gasteiger partial charge < -0.3 is 10.2 Å². The predicted molar refractivity (Wildman–Crippen MR) is 62.8 cm³/mol. The zero-order valence-corrected chi connectivity index (χ0v) is 10.3. The van der Waals surface area contributed by atoms with Crippen molar-refractivity contribution in [3.63, 3.8) is 0 Å². The van der Waals surface area contributed by atoms with Gasteiger partial charge in [0.15, 0.2) is 0 Å². The van der Waals surface area contributed by atoms with Crippen molar-refractivity contribution in [3.8, 4) is 0 Å². The summed E-state index contributed by atoms with van der Waals surface area (Å²) < 4.78 is 0. The first-order valence-corrected chi connectivity index (χ1v) is 6.10. The van der Waals surface area contributed by atoms with Crippen LogP contribution in [0.25, 0.3) is 0 Å². The highest BCUT2D eigenvalue weighted by molar-refractivity contribution is 5.81. The average Bonchev–Trinajstić information content (AvgIpc) is 2.54. The number of hydrogen-bond acceptors (Lipinski definition) is 2. The maximum Gasteiger partial charge on any atom is 0.239 e. The zero-order chi connectivity index (χ0) is 11.3. The molecule has 88 valence electrons. The molecule has 1 rings (SSSR count). The lowest BCUT2D eigenvalue weighted by molar-refractivity contribution is -0.133. The van der Waals surface area contributed by atoms with Crippen molar-refractivity contribution in [1.29, 1.82) is 0 Å². The fourth-order valence-corrected chi connectivity index (χ4v) is 2.25. The number of nitrogens with zero attached hydrogens (tertiary/aromatic N) is 1. The third-order valence-corrected chi connectivity index (χ3v) is 3.52. The van der Waals surface area contributed by atoms with Gasteiger partial charge in [0.05, 0.1) is 6.04 Å². The van der Waals surface area contributed by atoms with Crippen LogP contribution in [0.5, 0.6) is 0 Å². The molecule has 3 nitrogen and oxygen atoms in total. The Hall–Kier alpha value is -0.570. The van der Waals surface area contributed by atoms with E-state index in [1.165, 1.54) is 38.5 Å². The second-order valence-electron chi connectivity index (χ2n) is 4.60. The van der Waals surface area contributed by atoms with E-state index in [1.54, 1.807) is 0 Å². The summed E-state index contributed by atoms with van der Waals surface area (Å²) in [5, 5.41) is 3.01. The van der Waals surface area contributed by atoms with Crippen LogP contribution >= 0.6 is 0 Å². The molecule has 0 saturated heterocycles. The average molecular weight is 212 g/mol. The van der Waals surface area contributed by atoms with Crippen molar-refractivity contribution in [3.05, 3.63) is 0 Å². The van der Waals surface area contributed by atoms with Crippen LogP contribution in [0.3, 0.4) is 0 Å². The molecule has 0 aliphatic heterocycles. The molecule has 0 aromatic carbocycles. The number of likely N-dealkylation sites (N-methyl/N-ethyl adjacent to an activating group) is 2. The number of amides is 1. The fourth-order valence-electron chi connectivity index (χ4n) is 2.25. The summed E-state index contributed by atoms with van der Waals surface area (Å²) in [4.78, 5) is 13.9. The predicted octanol–water partition coefficient (Wildman–Crippen LogP) is 1.78. The first-order chi connectivity index (χ1) is 7.16. The molecule has 0 aromatic heterocycles. The minimum atomic E-state index is -0.0572. The third kappa shape index (κ3) is 3.49. The molecular weight excluding hydrogens is 188 g/mol. The van der Waals surface area contributed by atoms with Gasteiger partial charge in [0.25, 0.3) is 0 Å². The fraction of sp³-hybridized carbons (Fsp3) is 0.917. The lowest BCUT2D eigenvalue weighted by atomic mass is 10.1. The van der Waals surface area contributed by atoms with Crippen LogP contribution in [0.1, 0.15) is 45.4 Å². The van der Waals surface area contributed by atoms with Crippen LogP contribution in [0.15, 0.2) is 0 Å².